The Hall–Kier alpha value is -3.16. The lowest BCUT2D eigenvalue weighted by atomic mass is 10.0. The predicted molar refractivity (Wildman–Crippen MR) is 122 cm³/mol. The molecule has 0 bridgehead atoms. The Labute approximate surface area is 189 Å². The second-order valence-corrected chi connectivity index (χ2v) is 8.63. The van der Waals surface area contributed by atoms with Gasteiger partial charge in [0.05, 0.1) is 12.2 Å². The molecule has 3 heterocycles. The van der Waals surface area contributed by atoms with E-state index in [1.807, 2.05) is 48.9 Å². The van der Waals surface area contributed by atoms with E-state index in [2.05, 4.69) is 5.32 Å². The van der Waals surface area contributed by atoms with Crippen LogP contribution in [0.1, 0.15) is 47.5 Å². The normalized spacial score (nSPS) is 17.8. The number of hydrogen-bond acceptors (Lipinski definition) is 6. The molecule has 1 atom stereocenters. The molecular formula is C24H31N5O3. The fourth-order valence-electron chi connectivity index (χ4n) is 4.56. The van der Waals surface area contributed by atoms with Gasteiger partial charge in [0, 0.05) is 45.1 Å². The molecule has 1 aromatic carbocycles. The summed E-state index contributed by atoms with van der Waals surface area (Å²) in [5, 5.41) is 3.19. The number of fused-ring (bicyclic) bond motifs is 1. The zero-order chi connectivity index (χ0) is 22.8. The van der Waals surface area contributed by atoms with Gasteiger partial charge in [-0.15, -0.1) is 0 Å². The third-order valence-electron chi connectivity index (χ3n) is 6.42. The van der Waals surface area contributed by atoms with Crippen LogP contribution in [0.3, 0.4) is 0 Å². The summed E-state index contributed by atoms with van der Waals surface area (Å²) in [5.41, 5.74) is 4.04. The molecule has 1 N–H and O–H groups in total. The van der Waals surface area contributed by atoms with Crippen molar-refractivity contribution < 1.29 is 14.3 Å². The van der Waals surface area contributed by atoms with Crippen LogP contribution in [0.4, 0.5) is 5.82 Å². The highest BCUT2D eigenvalue weighted by atomic mass is 16.5. The molecule has 170 valence electrons. The zero-order valence-electron chi connectivity index (χ0n) is 19.3. The molecule has 8 nitrogen and oxygen atoms in total. The van der Waals surface area contributed by atoms with Crippen LogP contribution in [0.5, 0.6) is 5.75 Å². The van der Waals surface area contributed by atoms with E-state index in [9.17, 15) is 9.59 Å². The number of carbonyl (C=O) groups excluding carboxylic acids is 2. The Balaban J connectivity index is 1.44. The topological polar surface area (TPSA) is 87.7 Å². The number of aromatic nitrogens is 2. The van der Waals surface area contributed by atoms with Gasteiger partial charge in [-0.3, -0.25) is 9.59 Å². The number of amides is 2. The van der Waals surface area contributed by atoms with Crippen molar-refractivity contribution in [3.05, 3.63) is 46.4 Å². The lowest BCUT2D eigenvalue weighted by molar-refractivity contribution is -0.132. The SMILES string of the molecule is CNc1nc(C2CCN(C(=O)COc3c(C)cccc3C)C2)nc2c1CCN(C(C)=O)C2. The van der Waals surface area contributed by atoms with Crippen molar-refractivity contribution in [3.8, 4) is 5.75 Å². The van der Waals surface area contributed by atoms with Crippen molar-refractivity contribution in [2.75, 3.05) is 38.6 Å². The highest BCUT2D eigenvalue weighted by Gasteiger charge is 2.32. The number of hydrogen-bond donors (Lipinski definition) is 1. The van der Waals surface area contributed by atoms with Crippen LogP contribution >= 0.6 is 0 Å². The number of aryl methyl sites for hydroxylation is 2. The van der Waals surface area contributed by atoms with Gasteiger partial charge in [-0.25, -0.2) is 9.97 Å². The molecule has 2 aliphatic rings. The Kier molecular flexibility index (Phi) is 6.30. The van der Waals surface area contributed by atoms with E-state index in [1.165, 1.54) is 0 Å². The monoisotopic (exact) mass is 437 g/mol. The van der Waals surface area contributed by atoms with Crippen molar-refractivity contribution in [1.82, 2.24) is 19.8 Å². The highest BCUT2D eigenvalue weighted by molar-refractivity contribution is 5.78. The molecular weight excluding hydrogens is 406 g/mol. The number of carbonyl (C=O) groups is 2. The van der Waals surface area contributed by atoms with E-state index in [-0.39, 0.29) is 24.3 Å². The maximum Gasteiger partial charge on any atom is 0.260 e. The molecule has 4 rings (SSSR count). The molecule has 1 unspecified atom stereocenters. The van der Waals surface area contributed by atoms with Crippen molar-refractivity contribution in [2.45, 2.75) is 46.1 Å². The average Bonchev–Trinajstić information content (AvgIpc) is 3.28. The minimum atomic E-state index is -0.0234. The Bertz CT molecular complexity index is 1020. The third kappa shape index (κ3) is 4.40. The number of nitrogens with zero attached hydrogens (tertiary/aromatic N) is 4. The third-order valence-corrected chi connectivity index (χ3v) is 6.42. The molecule has 1 saturated heterocycles. The molecule has 2 amide bonds. The van der Waals surface area contributed by atoms with E-state index >= 15 is 0 Å². The summed E-state index contributed by atoms with van der Waals surface area (Å²) in [7, 11) is 1.86. The molecule has 8 heteroatoms. The molecule has 0 spiro atoms. The van der Waals surface area contributed by atoms with Gasteiger partial charge in [0.15, 0.2) is 6.61 Å². The number of benzene rings is 1. The fraction of sp³-hybridized carbons (Fsp3) is 0.500. The molecule has 0 radical (unpaired) electrons. The number of ether oxygens (including phenoxy) is 1. The molecule has 2 aliphatic heterocycles. The first-order valence-electron chi connectivity index (χ1n) is 11.2. The van der Waals surface area contributed by atoms with E-state index < -0.39 is 0 Å². The van der Waals surface area contributed by atoms with E-state index in [0.29, 0.717) is 26.2 Å². The number of likely N-dealkylation sites (tertiary alicyclic amines) is 1. The van der Waals surface area contributed by atoms with Crippen LogP contribution < -0.4 is 10.1 Å². The van der Waals surface area contributed by atoms with Crippen LogP contribution in [-0.4, -0.2) is 64.9 Å². The highest BCUT2D eigenvalue weighted by Crippen LogP contribution is 2.30. The van der Waals surface area contributed by atoms with Crippen LogP contribution in [-0.2, 0) is 22.6 Å². The first-order valence-corrected chi connectivity index (χ1v) is 11.2. The fourth-order valence-corrected chi connectivity index (χ4v) is 4.56. The van der Waals surface area contributed by atoms with E-state index in [1.54, 1.807) is 6.92 Å². The van der Waals surface area contributed by atoms with Crippen LogP contribution in [0.2, 0.25) is 0 Å². The number of para-hydroxylation sites is 1. The first kappa shape index (κ1) is 22.0. The van der Waals surface area contributed by atoms with Gasteiger partial charge >= 0.3 is 0 Å². The van der Waals surface area contributed by atoms with Crippen molar-refractivity contribution in [2.24, 2.45) is 0 Å². The van der Waals surface area contributed by atoms with Crippen molar-refractivity contribution >= 4 is 17.6 Å². The van der Waals surface area contributed by atoms with Gasteiger partial charge in [-0.05, 0) is 37.8 Å². The van der Waals surface area contributed by atoms with Crippen LogP contribution in [0.15, 0.2) is 18.2 Å². The summed E-state index contributed by atoms with van der Waals surface area (Å²) < 4.78 is 5.86. The molecule has 1 aromatic heterocycles. The lowest BCUT2D eigenvalue weighted by Gasteiger charge is -2.29. The molecule has 0 aliphatic carbocycles. The van der Waals surface area contributed by atoms with Crippen molar-refractivity contribution in [3.63, 3.8) is 0 Å². The van der Waals surface area contributed by atoms with Gasteiger partial charge in [0.25, 0.3) is 5.91 Å². The summed E-state index contributed by atoms with van der Waals surface area (Å²) in [6.07, 6.45) is 1.56. The van der Waals surface area contributed by atoms with Gasteiger partial charge < -0.3 is 19.9 Å². The summed E-state index contributed by atoms with van der Waals surface area (Å²) in [4.78, 5) is 37.9. The van der Waals surface area contributed by atoms with E-state index in [4.69, 9.17) is 14.7 Å². The van der Waals surface area contributed by atoms with Crippen LogP contribution in [0.25, 0.3) is 0 Å². The van der Waals surface area contributed by atoms with Gasteiger partial charge in [-0.1, -0.05) is 18.2 Å². The smallest absolute Gasteiger partial charge is 0.260 e. The summed E-state index contributed by atoms with van der Waals surface area (Å²) >= 11 is 0. The van der Waals surface area contributed by atoms with E-state index in [0.717, 1.165) is 52.6 Å². The van der Waals surface area contributed by atoms with Crippen LogP contribution in [0, 0.1) is 13.8 Å². The number of anilines is 1. The number of rotatable bonds is 5. The van der Waals surface area contributed by atoms with Gasteiger partial charge in [0.2, 0.25) is 5.91 Å². The maximum atomic E-state index is 12.8. The average molecular weight is 438 g/mol. The lowest BCUT2D eigenvalue weighted by Crippen LogP contribution is -2.36. The van der Waals surface area contributed by atoms with Gasteiger partial charge in [-0.2, -0.15) is 0 Å². The molecule has 0 saturated carbocycles. The quantitative estimate of drug-likeness (QED) is 0.773. The summed E-state index contributed by atoms with van der Waals surface area (Å²) in [5.74, 6) is 2.46. The largest absolute Gasteiger partial charge is 0.483 e. The predicted octanol–water partition coefficient (Wildman–Crippen LogP) is 2.43. The minimum absolute atomic E-state index is 0.0234. The Morgan fingerprint density at radius 3 is 2.59 bits per heavy atom. The minimum Gasteiger partial charge on any atom is -0.483 e. The second kappa shape index (κ2) is 9.14. The van der Waals surface area contributed by atoms with Crippen molar-refractivity contribution in [1.29, 1.82) is 0 Å². The molecule has 32 heavy (non-hydrogen) atoms. The standard InChI is InChI=1S/C24H31N5O3/c1-15-6-5-7-16(2)22(15)32-14-21(31)29-10-8-18(12-29)23-26-20-13-28(17(3)30)11-9-19(20)24(25-4)27-23/h5-7,18H,8-14H2,1-4H3,(H,25,26,27). The maximum absolute atomic E-state index is 12.8. The first-order chi connectivity index (χ1) is 15.4. The second-order valence-electron chi connectivity index (χ2n) is 8.63. The van der Waals surface area contributed by atoms with Gasteiger partial charge in [0.1, 0.15) is 17.4 Å². The molecule has 2 aromatic rings. The zero-order valence-corrected chi connectivity index (χ0v) is 19.3. The summed E-state index contributed by atoms with van der Waals surface area (Å²) in [6.45, 7) is 8.02. The molecule has 1 fully saturated rings. The Morgan fingerprint density at radius 2 is 1.91 bits per heavy atom. The summed E-state index contributed by atoms with van der Waals surface area (Å²) in [6, 6.07) is 5.95. The number of nitrogens with one attached hydrogen (secondary N) is 1. The Morgan fingerprint density at radius 1 is 1.16 bits per heavy atom.